The number of carbonyl (C=O) groups is 1. The first kappa shape index (κ1) is 22.9. The Morgan fingerprint density at radius 1 is 1.18 bits per heavy atom. The molecule has 4 rings (SSSR count). The number of halogens is 3. The lowest BCUT2D eigenvalue weighted by molar-refractivity contribution is 0.101. The SMILES string of the molecule is COCCCOc1cc2c(cc1Cl)-c1cc(=O)c(C(C)=O)cn1C(c1c(F)cccc1F)O2. The summed E-state index contributed by atoms with van der Waals surface area (Å²) in [6.07, 6.45) is 0.567. The molecule has 0 N–H and O–H groups in total. The van der Waals surface area contributed by atoms with E-state index in [4.69, 9.17) is 25.8 Å². The summed E-state index contributed by atoms with van der Waals surface area (Å²) in [6, 6.07) is 7.76. The lowest BCUT2D eigenvalue weighted by atomic mass is 10.0. The summed E-state index contributed by atoms with van der Waals surface area (Å²) in [7, 11) is 1.58. The molecule has 172 valence electrons. The van der Waals surface area contributed by atoms with E-state index in [1.54, 1.807) is 13.2 Å². The Hall–Kier alpha value is -3.23. The van der Waals surface area contributed by atoms with E-state index in [1.165, 1.54) is 35.9 Å². The standard InChI is InChI=1S/C24H20ClF2NO5/c1-13(29)15-12-28-19(10-20(15)30)14-9-16(25)22(32-8-4-7-31-2)11-21(14)33-24(28)23-17(26)5-3-6-18(23)27/h3,5-6,9-12,24H,4,7-8H2,1-2H3. The Morgan fingerprint density at radius 3 is 2.58 bits per heavy atom. The van der Waals surface area contributed by atoms with Crippen LogP contribution in [0.2, 0.25) is 5.02 Å². The molecule has 1 atom stereocenters. The van der Waals surface area contributed by atoms with Crippen LogP contribution in [-0.2, 0) is 4.74 Å². The molecule has 0 saturated heterocycles. The summed E-state index contributed by atoms with van der Waals surface area (Å²) >= 11 is 6.39. The van der Waals surface area contributed by atoms with Crippen LogP contribution in [0, 0.1) is 11.6 Å². The highest BCUT2D eigenvalue weighted by molar-refractivity contribution is 6.32. The van der Waals surface area contributed by atoms with Crippen molar-refractivity contribution in [1.29, 1.82) is 0 Å². The van der Waals surface area contributed by atoms with Crippen LogP contribution < -0.4 is 14.9 Å². The molecule has 0 radical (unpaired) electrons. The van der Waals surface area contributed by atoms with E-state index in [0.717, 1.165) is 12.1 Å². The fourth-order valence-corrected chi connectivity index (χ4v) is 3.89. The molecule has 0 amide bonds. The molecule has 0 aliphatic carbocycles. The number of rotatable bonds is 7. The zero-order chi connectivity index (χ0) is 23.7. The van der Waals surface area contributed by atoms with Crippen LogP contribution in [0.5, 0.6) is 11.5 Å². The monoisotopic (exact) mass is 475 g/mol. The van der Waals surface area contributed by atoms with Crippen LogP contribution in [0.4, 0.5) is 8.78 Å². The first-order chi connectivity index (χ1) is 15.8. The number of fused-ring (bicyclic) bond motifs is 3. The fourth-order valence-electron chi connectivity index (χ4n) is 3.67. The Morgan fingerprint density at radius 2 is 1.91 bits per heavy atom. The number of carbonyl (C=O) groups excluding carboxylic acids is 1. The summed E-state index contributed by atoms with van der Waals surface area (Å²) in [5, 5.41) is 0.264. The van der Waals surface area contributed by atoms with Crippen molar-refractivity contribution in [2.75, 3.05) is 20.3 Å². The summed E-state index contributed by atoms with van der Waals surface area (Å²) in [5.74, 6) is -1.60. The summed E-state index contributed by atoms with van der Waals surface area (Å²) in [5.41, 5.74) is -0.293. The van der Waals surface area contributed by atoms with Gasteiger partial charge >= 0.3 is 0 Å². The molecular formula is C24H20ClF2NO5. The topological polar surface area (TPSA) is 66.8 Å². The number of hydrogen-bond acceptors (Lipinski definition) is 5. The minimum absolute atomic E-state index is 0.128. The second-order valence-electron chi connectivity index (χ2n) is 7.48. The molecule has 1 aliphatic rings. The first-order valence-corrected chi connectivity index (χ1v) is 10.5. The van der Waals surface area contributed by atoms with E-state index in [0.29, 0.717) is 36.6 Å². The largest absolute Gasteiger partial charge is 0.492 e. The van der Waals surface area contributed by atoms with Crippen molar-refractivity contribution in [3.05, 3.63) is 80.6 Å². The number of hydrogen-bond donors (Lipinski definition) is 0. The van der Waals surface area contributed by atoms with Gasteiger partial charge in [0.25, 0.3) is 0 Å². The second kappa shape index (κ2) is 9.33. The van der Waals surface area contributed by atoms with Gasteiger partial charge in [-0.15, -0.1) is 0 Å². The minimum Gasteiger partial charge on any atom is -0.492 e. The van der Waals surface area contributed by atoms with Crippen molar-refractivity contribution in [2.24, 2.45) is 0 Å². The van der Waals surface area contributed by atoms with Gasteiger partial charge in [-0.25, -0.2) is 8.78 Å². The maximum atomic E-state index is 14.7. The molecular weight excluding hydrogens is 456 g/mol. The maximum Gasteiger partial charge on any atom is 0.208 e. The number of Topliss-reactive ketones (excluding diaryl/α,β-unsaturated/α-hetero) is 1. The van der Waals surface area contributed by atoms with Gasteiger partial charge < -0.3 is 18.8 Å². The Labute approximate surface area is 193 Å². The van der Waals surface area contributed by atoms with Gasteiger partial charge in [-0.3, -0.25) is 9.59 Å². The molecule has 6 nitrogen and oxygen atoms in total. The van der Waals surface area contributed by atoms with Gasteiger partial charge in [0.15, 0.2) is 11.2 Å². The highest BCUT2D eigenvalue weighted by Gasteiger charge is 2.32. The number of nitrogens with zero attached hydrogens (tertiary/aromatic N) is 1. The molecule has 0 bridgehead atoms. The van der Waals surface area contributed by atoms with Crippen LogP contribution in [-0.4, -0.2) is 30.7 Å². The maximum absolute atomic E-state index is 14.7. The average molecular weight is 476 g/mol. The molecule has 1 unspecified atom stereocenters. The van der Waals surface area contributed by atoms with E-state index in [2.05, 4.69) is 0 Å². The van der Waals surface area contributed by atoms with Crippen LogP contribution in [0.1, 0.15) is 35.5 Å². The smallest absolute Gasteiger partial charge is 0.208 e. The van der Waals surface area contributed by atoms with Crippen LogP contribution >= 0.6 is 11.6 Å². The second-order valence-corrected chi connectivity index (χ2v) is 7.89. The minimum atomic E-state index is -1.31. The van der Waals surface area contributed by atoms with Gasteiger partial charge in [-0.1, -0.05) is 17.7 Å². The summed E-state index contributed by atoms with van der Waals surface area (Å²) in [4.78, 5) is 24.6. The van der Waals surface area contributed by atoms with Crippen molar-refractivity contribution >= 4 is 17.4 Å². The third-order valence-electron chi connectivity index (χ3n) is 5.26. The fraction of sp³-hybridized carbons (Fsp3) is 0.250. The van der Waals surface area contributed by atoms with E-state index < -0.39 is 29.1 Å². The number of ketones is 1. The average Bonchev–Trinajstić information content (AvgIpc) is 2.76. The molecule has 0 saturated carbocycles. The number of aromatic nitrogens is 1. The van der Waals surface area contributed by atoms with Gasteiger partial charge in [0.05, 0.1) is 28.5 Å². The molecule has 0 fully saturated rings. The highest BCUT2D eigenvalue weighted by Crippen LogP contribution is 2.45. The number of benzene rings is 2. The lowest BCUT2D eigenvalue weighted by Crippen LogP contribution is -2.28. The predicted molar refractivity (Wildman–Crippen MR) is 118 cm³/mol. The summed E-state index contributed by atoms with van der Waals surface area (Å²) < 4.78 is 47.5. The van der Waals surface area contributed by atoms with Gasteiger partial charge in [0.2, 0.25) is 6.23 Å². The first-order valence-electron chi connectivity index (χ1n) is 10.1. The molecule has 1 aliphatic heterocycles. The van der Waals surface area contributed by atoms with E-state index in [1.807, 2.05) is 0 Å². The molecule has 2 aromatic carbocycles. The summed E-state index contributed by atoms with van der Waals surface area (Å²) in [6.45, 7) is 2.07. The number of pyridine rings is 1. The van der Waals surface area contributed by atoms with Crippen LogP contribution in [0.3, 0.4) is 0 Å². The Kier molecular flexibility index (Phi) is 6.49. The van der Waals surface area contributed by atoms with Gasteiger partial charge in [-0.2, -0.15) is 0 Å². The molecule has 0 spiro atoms. The van der Waals surface area contributed by atoms with Gasteiger partial charge in [-0.05, 0) is 25.1 Å². The Balaban J connectivity index is 1.89. The Bertz CT molecular complexity index is 1270. The third kappa shape index (κ3) is 4.36. The predicted octanol–water partition coefficient (Wildman–Crippen LogP) is 5.00. The van der Waals surface area contributed by atoms with Crippen molar-refractivity contribution in [2.45, 2.75) is 19.6 Å². The molecule has 2 heterocycles. The van der Waals surface area contributed by atoms with Crippen LogP contribution in [0.15, 0.2) is 47.4 Å². The van der Waals surface area contributed by atoms with Crippen molar-refractivity contribution < 1.29 is 27.8 Å². The number of methoxy groups -OCH3 is 1. The quantitative estimate of drug-likeness (QED) is 0.355. The van der Waals surface area contributed by atoms with Crippen molar-refractivity contribution in [3.63, 3.8) is 0 Å². The molecule has 33 heavy (non-hydrogen) atoms. The zero-order valence-corrected chi connectivity index (χ0v) is 18.6. The van der Waals surface area contributed by atoms with E-state index in [9.17, 15) is 18.4 Å². The lowest BCUT2D eigenvalue weighted by Gasteiger charge is -2.32. The number of ether oxygens (including phenoxy) is 3. The molecule has 3 aromatic rings. The molecule has 9 heteroatoms. The van der Waals surface area contributed by atoms with Crippen molar-refractivity contribution in [1.82, 2.24) is 4.57 Å². The zero-order valence-electron chi connectivity index (χ0n) is 17.9. The van der Waals surface area contributed by atoms with Gasteiger partial charge in [0, 0.05) is 44.0 Å². The van der Waals surface area contributed by atoms with E-state index in [-0.39, 0.29) is 21.9 Å². The van der Waals surface area contributed by atoms with Gasteiger partial charge in [0.1, 0.15) is 23.1 Å². The normalized spacial score (nSPS) is 14.3. The van der Waals surface area contributed by atoms with Crippen LogP contribution in [0.25, 0.3) is 11.3 Å². The van der Waals surface area contributed by atoms with E-state index >= 15 is 0 Å². The third-order valence-corrected chi connectivity index (χ3v) is 5.55. The molecule has 1 aromatic heterocycles. The highest BCUT2D eigenvalue weighted by atomic mass is 35.5. The van der Waals surface area contributed by atoms with Crippen molar-refractivity contribution in [3.8, 4) is 22.8 Å².